The average molecular weight is 474 g/mol. The van der Waals surface area contributed by atoms with Gasteiger partial charge < -0.3 is 0 Å². The van der Waals surface area contributed by atoms with Crippen LogP contribution in [0.2, 0.25) is 0 Å². The van der Waals surface area contributed by atoms with Gasteiger partial charge in [-0.15, -0.1) is 0 Å². The summed E-state index contributed by atoms with van der Waals surface area (Å²) in [5.74, 6) is 0.512. The standard InChI is InChI=1S/C15H14F3IO4S/c1-11-4-3-5-13(10-11)19(23-24(20,21)15(16,17)18)12-6-8-14(22-2)9-7-12/h3-10H,1-2H3. The molecule has 0 unspecified atom stereocenters. The molecule has 0 bridgehead atoms. The summed E-state index contributed by atoms with van der Waals surface area (Å²) in [5.41, 5.74) is -4.66. The number of hydrogen-bond donors (Lipinski definition) is 0. The minimum atomic E-state index is -5.68. The van der Waals surface area contributed by atoms with E-state index >= 15 is 0 Å². The summed E-state index contributed by atoms with van der Waals surface area (Å²) < 4.78 is 71.7. The van der Waals surface area contributed by atoms with Crippen LogP contribution in [0.25, 0.3) is 0 Å². The summed E-state index contributed by atoms with van der Waals surface area (Å²) >= 11 is -3.31. The van der Waals surface area contributed by atoms with Crippen molar-refractivity contribution in [3.05, 3.63) is 61.2 Å². The molecule has 0 fully saturated rings. The van der Waals surface area contributed by atoms with E-state index in [4.69, 9.17) is 4.74 Å². The third-order valence-electron chi connectivity index (χ3n) is 2.86. The molecule has 2 rings (SSSR count). The molecule has 4 nitrogen and oxygen atoms in total. The maximum absolute atomic E-state index is 12.7. The molecule has 0 aliphatic heterocycles. The molecule has 0 spiro atoms. The molecule has 0 aliphatic rings. The van der Waals surface area contributed by atoms with E-state index in [0.717, 1.165) is 5.56 Å². The Labute approximate surface area is 145 Å². The summed E-state index contributed by atoms with van der Waals surface area (Å²) in [6.45, 7) is 1.77. The number of alkyl halides is 3. The van der Waals surface area contributed by atoms with E-state index in [9.17, 15) is 21.6 Å². The van der Waals surface area contributed by atoms with Crippen LogP contribution in [0.3, 0.4) is 0 Å². The molecule has 132 valence electrons. The average Bonchev–Trinajstić information content (AvgIpc) is 2.52. The maximum atomic E-state index is 12.7. The first-order chi connectivity index (χ1) is 11.1. The van der Waals surface area contributed by atoms with Crippen molar-refractivity contribution in [2.45, 2.75) is 12.4 Å². The minimum absolute atomic E-state index is 0.415. The van der Waals surface area contributed by atoms with Crippen LogP contribution in [-0.2, 0) is 12.6 Å². The molecule has 0 atom stereocenters. The molecular formula is C15H14F3IO4S. The number of ether oxygens (including phenoxy) is 1. The molecule has 2 aromatic rings. The van der Waals surface area contributed by atoms with Crippen LogP contribution in [0.5, 0.6) is 5.75 Å². The quantitative estimate of drug-likeness (QED) is 0.479. The number of hydrogen-bond acceptors (Lipinski definition) is 4. The number of halogens is 4. The topological polar surface area (TPSA) is 52.6 Å². The number of methoxy groups -OCH3 is 1. The van der Waals surface area contributed by atoms with Gasteiger partial charge >= 0.3 is 146 Å². The van der Waals surface area contributed by atoms with E-state index in [0.29, 0.717) is 12.9 Å². The van der Waals surface area contributed by atoms with Gasteiger partial charge in [-0.25, -0.2) is 0 Å². The van der Waals surface area contributed by atoms with Gasteiger partial charge in [0.05, 0.1) is 0 Å². The van der Waals surface area contributed by atoms with Crippen LogP contribution in [0.4, 0.5) is 13.2 Å². The van der Waals surface area contributed by atoms with Gasteiger partial charge in [0.2, 0.25) is 0 Å². The van der Waals surface area contributed by atoms with Gasteiger partial charge in [-0.3, -0.25) is 0 Å². The van der Waals surface area contributed by atoms with Crippen molar-refractivity contribution in [3.63, 3.8) is 0 Å². The van der Waals surface area contributed by atoms with Gasteiger partial charge in [-0.1, -0.05) is 0 Å². The second kappa shape index (κ2) is 7.28. The van der Waals surface area contributed by atoms with Crippen LogP contribution in [0.1, 0.15) is 5.56 Å². The Kier molecular flexibility index (Phi) is 5.76. The Morgan fingerprint density at radius 3 is 2.12 bits per heavy atom. The van der Waals surface area contributed by atoms with Crippen molar-refractivity contribution in [1.29, 1.82) is 0 Å². The summed E-state index contributed by atoms with van der Waals surface area (Å²) in [6.07, 6.45) is 0. The van der Waals surface area contributed by atoms with E-state index in [-0.39, 0.29) is 0 Å². The zero-order valence-corrected chi connectivity index (χ0v) is 15.6. The molecule has 0 saturated carbocycles. The first-order valence-corrected chi connectivity index (χ1v) is 11.0. The van der Waals surface area contributed by atoms with E-state index in [1.807, 2.05) is 0 Å². The first kappa shape index (κ1) is 19.0. The monoisotopic (exact) mass is 474 g/mol. The molecule has 2 aromatic carbocycles. The molecule has 24 heavy (non-hydrogen) atoms. The third kappa shape index (κ3) is 4.39. The zero-order chi connectivity index (χ0) is 18.0. The number of aryl methyl sites for hydroxylation is 1. The van der Waals surface area contributed by atoms with Gasteiger partial charge in [0, 0.05) is 0 Å². The Morgan fingerprint density at radius 1 is 1.00 bits per heavy atom. The van der Waals surface area contributed by atoms with Crippen molar-refractivity contribution in [1.82, 2.24) is 0 Å². The third-order valence-corrected chi connectivity index (χ3v) is 9.87. The van der Waals surface area contributed by atoms with Crippen molar-refractivity contribution in [3.8, 4) is 5.75 Å². The summed E-state index contributed by atoms with van der Waals surface area (Å²) in [7, 11) is -4.23. The van der Waals surface area contributed by atoms with Gasteiger partial charge in [0.1, 0.15) is 0 Å². The van der Waals surface area contributed by atoms with Crippen molar-refractivity contribution in [2.24, 2.45) is 0 Å². The normalized spacial score (nSPS) is 12.8. The fourth-order valence-electron chi connectivity index (χ4n) is 1.71. The fraction of sp³-hybridized carbons (Fsp3) is 0.200. The SMILES string of the molecule is COc1ccc(I(OS(=O)(=O)C(F)(F)F)c2cccc(C)c2)cc1. The van der Waals surface area contributed by atoms with Crippen molar-refractivity contribution < 1.29 is 28.8 Å². The summed E-state index contributed by atoms with van der Waals surface area (Å²) in [5, 5.41) is 0. The molecule has 0 heterocycles. The molecule has 0 aliphatic carbocycles. The van der Waals surface area contributed by atoms with Gasteiger partial charge in [-0.2, -0.15) is 0 Å². The second-order valence-corrected chi connectivity index (χ2v) is 11.2. The van der Waals surface area contributed by atoms with Crippen molar-refractivity contribution in [2.75, 3.05) is 7.11 Å². The Hall–Kier alpha value is -1.33. The molecule has 9 heteroatoms. The van der Waals surface area contributed by atoms with E-state index in [1.54, 1.807) is 43.3 Å². The molecule has 0 N–H and O–H groups in total. The fourth-order valence-corrected chi connectivity index (χ4v) is 8.42. The molecule has 0 amide bonds. The van der Waals surface area contributed by atoms with Crippen LogP contribution < -0.4 is 4.74 Å². The molecule has 0 saturated heterocycles. The van der Waals surface area contributed by atoms with Gasteiger partial charge in [0.25, 0.3) is 0 Å². The number of rotatable bonds is 5. The van der Waals surface area contributed by atoms with Crippen LogP contribution >= 0.6 is 20.2 Å². The summed E-state index contributed by atoms with van der Waals surface area (Å²) in [6, 6.07) is 12.8. The van der Waals surface area contributed by atoms with Crippen molar-refractivity contribution >= 4 is 30.4 Å². The predicted molar refractivity (Wildman–Crippen MR) is 91.6 cm³/mol. The molecule has 0 aromatic heterocycles. The first-order valence-electron chi connectivity index (χ1n) is 6.56. The van der Waals surface area contributed by atoms with Gasteiger partial charge in [-0.05, 0) is 0 Å². The predicted octanol–water partition coefficient (Wildman–Crippen LogP) is 4.33. The Balaban J connectivity index is 2.49. The van der Waals surface area contributed by atoms with Gasteiger partial charge in [0.15, 0.2) is 0 Å². The zero-order valence-electron chi connectivity index (χ0n) is 12.7. The van der Waals surface area contributed by atoms with E-state index in [2.05, 4.69) is 2.51 Å². The Morgan fingerprint density at radius 2 is 1.62 bits per heavy atom. The summed E-state index contributed by atoms with van der Waals surface area (Å²) in [4.78, 5) is 0. The molecule has 0 radical (unpaired) electrons. The van der Waals surface area contributed by atoms with Crippen LogP contribution in [0, 0.1) is 14.1 Å². The van der Waals surface area contributed by atoms with E-state index < -0.39 is 35.9 Å². The second-order valence-electron chi connectivity index (χ2n) is 4.67. The molecular weight excluding hydrogens is 460 g/mol. The Bertz CT molecular complexity index is 804. The number of benzene rings is 2. The van der Waals surface area contributed by atoms with E-state index in [1.165, 1.54) is 19.2 Å². The van der Waals surface area contributed by atoms with Crippen LogP contribution in [-0.4, -0.2) is 21.0 Å². The van der Waals surface area contributed by atoms with Crippen LogP contribution in [0.15, 0.2) is 48.5 Å².